The molecule has 8 heteroatoms. The Labute approximate surface area is 232 Å². The van der Waals surface area contributed by atoms with Crippen molar-refractivity contribution in [1.29, 1.82) is 0 Å². The second-order valence-corrected chi connectivity index (χ2v) is 13.2. The Morgan fingerprint density at radius 2 is 1.92 bits per heavy atom. The van der Waals surface area contributed by atoms with Gasteiger partial charge >= 0.3 is 10.8 Å². The lowest BCUT2D eigenvalue weighted by Gasteiger charge is -2.31. The van der Waals surface area contributed by atoms with Crippen molar-refractivity contribution in [3.05, 3.63) is 56.8 Å². The van der Waals surface area contributed by atoms with Crippen molar-refractivity contribution < 1.29 is 19.0 Å². The fourth-order valence-electron chi connectivity index (χ4n) is 5.16. The number of aryl methyl sites for hydroxylation is 2. The minimum Gasteiger partial charge on any atom is -0.493 e. The van der Waals surface area contributed by atoms with Gasteiger partial charge in [0.2, 0.25) is 0 Å². The van der Waals surface area contributed by atoms with E-state index in [-0.39, 0.29) is 17.4 Å². The van der Waals surface area contributed by atoms with Crippen molar-refractivity contribution in [3.63, 3.8) is 0 Å². The molecule has 5 rings (SSSR count). The van der Waals surface area contributed by atoms with Crippen molar-refractivity contribution in [3.8, 4) is 16.9 Å². The zero-order chi connectivity index (χ0) is 28.3. The minimum absolute atomic E-state index is 0.0470. The lowest BCUT2D eigenvalue weighted by Crippen LogP contribution is -2.30. The first-order valence-corrected chi connectivity index (χ1v) is 14.1. The number of carbonyl (C=O) groups is 1. The van der Waals surface area contributed by atoms with Crippen molar-refractivity contribution in [1.82, 2.24) is 9.55 Å². The standard InChI is InChI=1S/C31H36N2O5S/c1-17-15-20-27(39-29(35)33(20)8)25(19-9-10-21-24-18(12-14-36-21)11-13-32-26(19)24)23(17)22(38-31(5,6)7)16-37-28(34)30(2,3)4/h9-11,13,15,22H,12,14,16H2,1-8H3/t22-/m1/s1. The number of carbonyl (C=O) groups excluding carboxylic acids is 1. The molecule has 2 aromatic carbocycles. The Kier molecular flexibility index (Phi) is 6.84. The summed E-state index contributed by atoms with van der Waals surface area (Å²) in [6.07, 6.45) is 2.08. The van der Waals surface area contributed by atoms with Gasteiger partial charge in [0.25, 0.3) is 0 Å². The summed E-state index contributed by atoms with van der Waals surface area (Å²) >= 11 is 1.21. The highest BCUT2D eigenvalue weighted by Crippen LogP contribution is 2.45. The van der Waals surface area contributed by atoms with Gasteiger partial charge in [-0.15, -0.1) is 0 Å². The Morgan fingerprint density at radius 1 is 1.18 bits per heavy atom. The van der Waals surface area contributed by atoms with Crippen molar-refractivity contribution in [2.24, 2.45) is 12.5 Å². The monoisotopic (exact) mass is 548 g/mol. The van der Waals surface area contributed by atoms with E-state index in [9.17, 15) is 9.59 Å². The number of nitrogens with zero attached hydrogens (tertiary/aromatic N) is 2. The van der Waals surface area contributed by atoms with E-state index in [0.29, 0.717) is 6.61 Å². The molecule has 1 aliphatic rings. The van der Waals surface area contributed by atoms with Crippen LogP contribution in [0.3, 0.4) is 0 Å². The Bertz CT molecular complexity index is 1640. The van der Waals surface area contributed by atoms with E-state index in [1.807, 2.05) is 78.9 Å². The fourth-order valence-corrected chi connectivity index (χ4v) is 6.19. The van der Waals surface area contributed by atoms with Gasteiger partial charge in [-0.25, -0.2) is 0 Å². The molecule has 0 saturated carbocycles. The fraction of sp³-hybridized carbons (Fsp3) is 0.452. The summed E-state index contributed by atoms with van der Waals surface area (Å²) in [5.41, 5.74) is 5.31. The number of fused-ring (bicyclic) bond motifs is 1. The zero-order valence-electron chi connectivity index (χ0n) is 23.9. The number of pyridine rings is 1. The number of esters is 1. The quantitative estimate of drug-likeness (QED) is 0.265. The normalized spacial score (nSPS) is 14.5. The molecule has 39 heavy (non-hydrogen) atoms. The molecule has 0 fully saturated rings. The van der Waals surface area contributed by atoms with Crippen LogP contribution in [0.5, 0.6) is 5.75 Å². The van der Waals surface area contributed by atoms with E-state index in [1.165, 1.54) is 16.9 Å². The second kappa shape index (κ2) is 9.75. The van der Waals surface area contributed by atoms with Gasteiger partial charge in [0.05, 0.1) is 33.4 Å². The molecule has 0 radical (unpaired) electrons. The average Bonchev–Trinajstić information content (AvgIpc) is 3.13. The number of hydrogen-bond acceptors (Lipinski definition) is 7. The summed E-state index contributed by atoms with van der Waals surface area (Å²) in [7, 11) is 1.79. The van der Waals surface area contributed by atoms with Crippen LogP contribution >= 0.6 is 11.3 Å². The van der Waals surface area contributed by atoms with Crippen LogP contribution in [0.1, 0.15) is 64.3 Å². The van der Waals surface area contributed by atoms with E-state index < -0.39 is 17.1 Å². The van der Waals surface area contributed by atoms with E-state index >= 15 is 0 Å². The average molecular weight is 549 g/mol. The number of rotatable bonds is 5. The molecule has 2 aromatic heterocycles. The zero-order valence-corrected chi connectivity index (χ0v) is 24.7. The molecule has 0 aliphatic carbocycles. The molecular formula is C31H36N2O5S. The highest BCUT2D eigenvalue weighted by Gasteiger charge is 2.32. The Balaban J connectivity index is 1.82. The number of aromatic nitrogens is 2. The third-order valence-electron chi connectivity index (χ3n) is 6.97. The summed E-state index contributed by atoms with van der Waals surface area (Å²) in [5.74, 6) is 0.520. The first-order chi connectivity index (χ1) is 18.3. The highest BCUT2D eigenvalue weighted by atomic mass is 32.1. The SMILES string of the molecule is Cc1cc2c(sc(=O)n2C)c(-c2ccc3c4c(ccnc24)CCO3)c1[C@@H](COC(=O)C(C)(C)C)OC(C)(C)C. The number of hydrogen-bond donors (Lipinski definition) is 0. The lowest BCUT2D eigenvalue weighted by molar-refractivity contribution is -0.162. The molecule has 7 nitrogen and oxygen atoms in total. The van der Waals surface area contributed by atoms with Crippen LogP contribution in [0.2, 0.25) is 0 Å². The van der Waals surface area contributed by atoms with Crippen LogP contribution in [-0.4, -0.2) is 34.3 Å². The van der Waals surface area contributed by atoms with Gasteiger partial charge in [0.1, 0.15) is 18.5 Å². The van der Waals surface area contributed by atoms with E-state index in [1.54, 1.807) is 11.6 Å². The summed E-state index contributed by atoms with van der Waals surface area (Å²) in [5, 5.41) is 0.998. The van der Waals surface area contributed by atoms with Gasteiger partial charge in [0.15, 0.2) is 0 Å². The van der Waals surface area contributed by atoms with Crippen LogP contribution in [0.25, 0.3) is 32.2 Å². The van der Waals surface area contributed by atoms with Crippen LogP contribution in [0.15, 0.2) is 35.3 Å². The van der Waals surface area contributed by atoms with Crippen LogP contribution in [0.4, 0.5) is 0 Å². The Morgan fingerprint density at radius 3 is 2.62 bits per heavy atom. The number of thiazole rings is 1. The maximum absolute atomic E-state index is 12.9. The van der Waals surface area contributed by atoms with Crippen LogP contribution < -0.4 is 9.61 Å². The lowest BCUT2D eigenvalue weighted by atomic mass is 9.89. The summed E-state index contributed by atoms with van der Waals surface area (Å²) in [4.78, 5) is 30.5. The van der Waals surface area contributed by atoms with Crippen molar-refractivity contribution in [2.75, 3.05) is 13.2 Å². The maximum atomic E-state index is 12.9. The topological polar surface area (TPSA) is 79.7 Å². The third-order valence-corrected chi connectivity index (χ3v) is 8.03. The summed E-state index contributed by atoms with van der Waals surface area (Å²) < 4.78 is 21.0. The Hall–Kier alpha value is -3.23. The van der Waals surface area contributed by atoms with E-state index in [0.717, 1.165) is 55.5 Å². The van der Waals surface area contributed by atoms with E-state index in [4.69, 9.17) is 19.2 Å². The highest BCUT2D eigenvalue weighted by molar-refractivity contribution is 7.17. The van der Waals surface area contributed by atoms with Gasteiger partial charge < -0.3 is 18.8 Å². The molecule has 0 spiro atoms. The molecule has 0 bridgehead atoms. The molecule has 3 heterocycles. The predicted molar refractivity (Wildman–Crippen MR) is 156 cm³/mol. The summed E-state index contributed by atoms with van der Waals surface area (Å²) in [6.45, 7) is 14.2. The van der Waals surface area contributed by atoms with Gasteiger partial charge in [0, 0.05) is 36.2 Å². The molecule has 0 unspecified atom stereocenters. The minimum atomic E-state index is -0.646. The first-order valence-electron chi connectivity index (χ1n) is 13.3. The molecule has 0 saturated heterocycles. The molecule has 1 atom stereocenters. The molecule has 0 N–H and O–H groups in total. The van der Waals surface area contributed by atoms with Gasteiger partial charge in [-0.3, -0.25) is 14.6 Å². The van der Waals surface area contributed by atoms with Gasteiger partial charge in [-0.1, -0.05) is 11.3 Å². The largest absolute Gasteiger partial charge is 0.493 e. The van der Waals surface area contributed by atoms with E-state index in [2.05, 4.69) is 0 Å². The van der Waals surface area contributed by atoms with Crippen LogP contribution in [0, 0.1) is 12.3 Å². The molecule has 0 amide bonds. The number of benzene rings is 2. The molecule has 206 valence electrons. The molecular weight excluding hydrogens is 512 g/mol. The summed E-state index contributed by atoms with van der Waals surface area (Å²) in [6, 6.07) is 8.09. The van der Waals surface area contributed by atoms with Gasteiger partial charge in [-0.2, -0.15) is 0 Å². The number of ether oxygens (including phenoxy) is 3. The first kappa shape index (κ1) is 27.3. The molecule has 1 aliphatic heterocycles. The second-order valence-electron chi connectivity index (χ2n) is 12.2. The smallest absolute Gasteiger partial charge is 0.311 e. The maximum Gasteiger partial charge on any atom is 0.311 e. The van der Waals surface area contributed by atoms with Gasteiger partial charge in [-0.05, 0) is 89.4 Å². The van der Waals surface area contributed by atoms with Crippen LogP contribution in [-0.2, 0) is 27.7 Å². The third kappa shape index (κ3) is 5.08. The predicted octanol–water partition coefficient (Wildman–Crippen LogP) is 6.50. The van der Waals surface area contributed by atoms with Crippen molar-refractivity contribution >= 4 is 38.4 Å². The molecule has 4 aromatic rings. The van der Waals surface area contributed by atoms with Crippen molar-refractivity contribution in [2.45, 2.75) is 66.6 Å².